The number of methoxy groups -OCH3 is 1. The third-order valence-corrected chi connectivity index (χ3v) is 4.70. The Bertz CT molecular complexity index is 833. The molecule has 1 aromatic carbocycles. The molecule has 0 saturated heterocycles. The molecule has 3 rings (SSSR count). The average Bonchev–Trinajstić information content (AvgIpc) is 3.14. The third-order valence-electron chi connectivity index (χ3n) is 3.76. The van der Waals surface area contributed by atoms with Crippen LogP contribution in [0.1, 0.15) is 17.7 Å². The minimum Gasteiger partial charge on any atom is -0.496 e. The van der Waals surface area contributed by atoms with Crippen molar-refractivity contribution in [2.45, 2.75) is 19.4 Å². The zero-order valence-electron chi connectivity index (χ0n) is 13.9. The van der Waals surface area contributed by atoms with Gasteiger partial charge in [0.05, 0.1) is 12.8 Å². The highest BCUT2D eigenvalue weighted by molar-refractivity contribution is 7.13. The molecule has 0 radical (unpaired) electrons. The predicted octanol–water partition coefficient (Wildman–Crippen LogP) is 3.46. The van der Waals surface area contributed by atoms with E-state index < -0.39 is 0 Å². The van der Waals surface area contributed by atoms with Gasteiger partial charge in [-0.25, -0.2) is 4.98 Å². The van der Waals surface area contributed by atoms with E-state index in [1.54, 1.807) is 30.8 Å². The second-order valence-electron chi connectivity index (χ2n) is 5.47. The maximum Gasteiger partial charge on any atom is 0.220 e. The van der Waals surface area contributed by atoms with Crippen molar-refractivity contribution < 1.29 is 9.53 Å². The first kappa shape index (κ1) is 17.1. The molecule has 25 heavy (non-hydrogen) atoms. The first-order valence-electron chi connectivity index (χ1n) is 7.99. The van der Waals surface area contributed by atoms with Crippen molar-refractivity contribution in [2.75, 3.05) is 7.11 Å². The molecule has 2 heterocycles. The molecule has 5 nitrogen and oxygen atoms in total. The van der Waals surface area contributed by atoms with Gasteiger partial charge in [-0.1, -0.05) is 18.2 Å². The van der Waals surface area contributed by atoms with E-state index in [0.29, 0.717) is 19.4 Å². The topological polar surface area (TPSA) is 64.1 Å². The maximum atomic E-state index is 12.1. The van der Waals surface area contributed by atoms with Crippen molar-refractivity contribution in [3.05, 3.63) is 65.4 Å². The monoisotopic (exact) mass is 353 g/mol. The summed E-state index contributed by atoms with van der Waals surface area (Å²) in [5.74, 6) is 0.786. The van der Waals surface area contributed by atoms with Crippen molar-refractivity contribution in [1.82, 2.24) is 15.3 Å². The van der Waals surface area contributed by atoms with Crippen LogP contribution in [-0.4, -0.2) is 23.0 Å². The van der Waals surface area contributed by atoms with Crippen LogP contribution in [0.4, 0.5) is 0 Å². The number of para-hydroxylation sites is 1. The van der Waals surface area contributed by atoms with Crippen LogP contribution in [0.3, 0.4) is 0 Å². The first-order valence-corrected chi connectivity index (χ1v) is 8.87. The number of thiazole rings is 1. The first-order chi connectivity index (χ1) is 12.3. The van der Waals surface area contributed by atoms with Crippen LogP contribution in [0.5, 0.6) is 5.75 Å². The van der Waals surface area contributed by atoms with E-state index in [4.69, 9.17) is 4.74 Å². The second-order valence-corrected chi connectivity index (χ2v) is 6.33. The predicted molar refractivity (Wildman–Crippen MR) is 98.5 cm³/mol. The molecule has 0 atom stereocenters. The fourth-order valence-corrected chi connectivity index (χ4v) is 3.28. The van der Waals surface area contributed by atoms with E-state index in [1.807, 2.05) is 41.8 Å². The maximum absolute atomic E-state index is 12.1. The van der Waals surface area contributed by atoms with Crippen LogP contribution in [0.2, 0.25) is 0 Å². The van der Waals surface area contributed by atoms with Gasteiger partial charge in [0.2, 0.25) is 5.91 Å². The summed E-state index contributed by atoms with van der Waals surface area (Å²) in [7, 11) is 1.63. The molecule has 0 spiro atoms. The highest BCUT2D eigenvalue weighted by Gasteiger charge is 2.08. The summed E-state index contributed by atoms with van der Waals surface area (Å²) in [5.41, 5.74) is 2.95. The number of carbonyl (C=O) groups is 1. The van der Waals surface area contributed by atoms with E-state index >= 15 is 0 Å². The minimum atomic E-state index is 0.00404. The number of benzene rings is 1. The summed E-state index contributed by atoms with van der Waals surface area (Å²) >= 11 is 1.58. The number of aromatic nitrogens is 2. The average molecular weight is 353 g/mol. The van der Waals surface area contributed by atoms with Crippen LogP contribution >= 0.6 is 11.3 Å². The number of amides is 1. The summed E-state index contributed by atoms with van der Waals surface area (Å²) in [6, 6.07) is 11.5. The van der Waals surface area contributed by atoms with Gasteiger partial charge in [0.25, 0.3) is 0 Å². The van der Waals surface area contributed by atoms with Gasteiger partial charge in [0.15, 0.2) is 0 Å². The summed E-state index contributed by atoms with van der Waals surface area (Å²) in [5, 5.41) is 5.88. The lowest BCUT2D eigenvalue weighted by atomic mass is 10.2. The van der Waals surface area contributed by atoms with Gasteiger partial charge in [0.1, 0.15) is 10.8 Å². The van der Waals surface area contributed by atoms with Crippen LogP contribution in [0.15, 0.2) is 54.2 Å². The van der Waals surface area contributed by atoms with E-state index in [9.17, 15) is 4.79 Å². The number of carbonyl (C=O) groups excluding carboxylic acids is 1. The fourth-order valence-electron chi connectivity index (χ4n) is 2.42. The lowest BCUT2D eigenvalue weighted by molar-refractivity contribution is -0.121. The molecular formula is C19H19N3O2S. The Morgan fingerprint density at radius 3 is 2.80 bits per heavy atom. The number of rotatable bonds is 7. The molecule has 128 valence electrons. The quantitative estimate of drug-likeness (QED) is 0.706. The van der Waals surface area contributed by atoms with Crippen LogP contribution in [0, 0.1) is 0 Å². The number of hydrogen-bond donors (Lipinski definition) is 1. The molecular weight excluding hydrogens is 334 g/mol. The van der Waals surface area contributed by atoms with Crippen LogP contribution in [-0.2, 0) is 17.8 Å². The summed E-state index contributed by atoms with van der Waals surface area (Å²) < 4.78 is 5.29. The van der Waals surface area contributed by atoms with E-state index in [-0.39, 0.29) is 5.91 Å². The SMILES string of the molecule is COc1ccccc1CNC(=O)CCc1csc(-c2ccncc2)n1. The number of ether oxygens (including phenoxy) is 1. The van der Waals surface area contributed by atoms with Gasteiger partial charge in [-0.2, -0.15) is 0 Å². The van der Waals surface area contributed by atoms with Crippen LogP contribution < -0.4 is 10.1 Å². The normalized spacial score (nSPS) is 10.4. The molecule has 0 saturated carbocycles. The highest BCUT2D eigenvalue weighted by Crippen LogP contribution is 2.23. The fraction of sp³-hybridized carbons (Fsp3) is 0.211. The molecule has 0 fully saturated rings. The van der Waals surface area contributed by atoms with Crippen molar-refractivity contribution in [1.29, 1.82) is 0 Å². The molecule has 0 unspecified atom stereocenters. The Hall–Kier alpha value is -2.73. The molecule has 0 bridgehead atoms. The van der Waals surface area contributed by atoms with Crippen molar-refractivity contribution in [2.24, 2.45) is 0 Å². The van der Waals surface area contributed by atoms with Crippen molar-refractivity contribution >= 4 is 17.2 Å². The zero-order valence-corrected chi connectivity index (χ0v) is 14.8. The van der Waals surface area contributed by atoms with E-state index in [2.05, 4.69) is 15.3 Å². The number of nitrogens with one attached hydrogen (secondary N) is 1. The Morgan fingerprint density at radius 2 is 2.00 bits per heavy atom. The number of pyridine rings is 1. The zero-order chi connectivity index (χ0) is 17.5. The Labute approximate surface area is 150 Å². The van der Waals surface area contributed by atoms with Gasteiger partial charge >= 0.3 is 0 Å². The smallest absolute Gasteiger partial charge is 0.220 e. The summed E-state index contributed by atoms with van der Waals surface area (Å²) in [4.78, 5) is 20.7. The van der Waals surface area contributed by atoms with E-state index in [1.165, 1.54) is 0 Å². The van der Waals surface area contributed by atoms with Crippen molar-refractivity contribution in [3.63, 3.8) is 0 Å². The third kappa shape index (κ3) is 4.64. The highest BCUT2D eigenvalue weighted by atomic mass is 32.1. The molecule has 3 aromatic rings. The Kier molecular flexibility index (Phi) is 5.74. The minimum absolute atomic E-state index is 0.00404. The number of hydrogen-bond acceptors (Lipinski definition) is 5. The van der Waals surface area contributed by atoms with Gasteiger partial charge in [-0.15, -0.1) is 11.3 Å². The number of aryl methyl sites for hydroxylation is 1. The lowest BCUT2D eigenvalue weighted by Gasteiger charge is -2.09. The Morgan fingerprint density at radius 1 is 1.20 bits per heavy atom. The molecule has 1 amide bonds. The summed E-state index contributed by atoms with van der Waals surface area (Å²) in [6.07, 6.45) is 4.54. The van der Waals surface area contributed by atoms with E-state index in [0.717, 1.165) is 27.6 Å². The number of nitrogens with zero attached hydrogens (tertiary/aromatic N) is 2. The molecule has 6 heteroatoms. The van der Waals surface area contributed by atoms with Crippen molar-refractivity contribution in [3.8, 4) is 16.3 Å². The molecule has 0 aliphatic heterocycles. The van der Waals surface area contributed by atoms with Gasteiger partial charge in [-0.3, -0.25) is 9.78 Å². The van der Waals surface area contributed by atoms with Gasteiger partial charge < -0.3 is 10.1 Å². The summed E-state index contributed by atoms with van der Waals surface area (Å²) in [6.45, 7) is 0.460. The Balaban J connectivity index is 1.50. The van der Waals surface area contributed by atoms with Gasteiger partial charge in [-0.05, 0) is 24.6 Å². The molecule has 1 N–H and O–H groups in total. The lowest BCUT2D eigenvalue weighted by Crippen LogP contribution is -2.23. The molecule has 0 aliphatic rings. The second kappa shape index (κ2) is 8.39. The molecule has 2 aromatic heterocycles. The standard InChI is InChI=1S/C19H19N3O2S/c1-24-17-5-3-2-4-15(17)12-21-18(23)7-6-16-13-25-19(22-16)14-8-10-20-11-9-14/h2-5,8-11,13H,6-7,12H2,1H3,(H,21,23). The molecule has 0 aliphatic carbocycles. The van der Waals surface area contributed by atoms with Gasteiger partial charge in [0, 0.05) is 41.9 Å². The largest absolute Gasteiger partial charge is 0.496 e. The van der Waals surface area contributed by atoms with Crippen LogP contribution in [0.25, 0.3) is 10.6 Å².